The molecule has 3 N–H and O–H groups in total. The highest BCUT2D eigenvalue weighted by Gasteiger charge is 2.31. The molecule has 116 valence electrons. The Bertz CT molecular complexity index is 685. The Morgan fingerprint density at radius 3 is 2.48 bits per heavy atom. The normalized spacial score (nSPS) is 17.7. The fraction of sp³-hybridized carbons (Fsp3) is 0.462. The highest BCUT2D eigenvalue weighted by Crippen LogP contribution is 2.32. The lowest BCUT2D eigenvalue weighted by atomic mass is 10.00. The molecule has 1 aromatic rings. The van der Waals surface area contributed by atoms with Crippen LogP contribution >= 0.6 is 27.5 Å². The molecule has 1 aliphatic carbocycles. The summed E-state index contributed by atoms with van der Waals surface area (Å²) >= 11 is 9.23. The zero-order valence-corrected chi connectivity index (χ0v) is 14.6. The molecule has 21 heavy (non-hydrogen) atoms. The molecule has 1 amide bonds. The average Bonchev–Trinajstić information content (AvgIpc) is 2.76. The highest BCUT2D eigenvalue weighted by molar-refractivity contribution is 9.10. The molecule has 0 aromatic heterocycles. The fourth-order valence-corrected chi connectivity index (χ4v) is 4.34. The van der Waals surface area contributed by atoms with Gasteiger partial charge in [-0.1, -0.05) is 40.4 Å². The molecule has 8 heteroatoms. The second-order valence-corrected chi connectivity index (χ2v) is 8.36. The number of hydrogen-bond donors (Lipinski definition) is 2. The van der Waals surface area contributed by atoms with Crippen molar-refractivity contribution in [2.24, 2.45) is 5.14 Å². The van der Waals surface area contributed by atoms with Gasteiger partial charge in [0.15, 0.2) is 0 Å². The van der Waals surface area contributed by atoms with Crippen molar-refractivity contribution in [2.75, 3.05) is 0 Å². The van der Waals surface area contributed by atoms with Crippen molar-refractivity contribution in [1.82, 2.24) is 5.32 Å². The van der Waals surface area contributed by atoms with Gasteiger partial charge in [-0.3, -0.25) is 4.79 Å². The predicted molar refractivity (Wildman–Crippen MR) is 84.9 cm³/mol. The Morgan fingerprint density at radius 1 is 1.38 bits per heavy atom. The van der Waals surface area contributed by atoms with Gasteiger partial charge < -0.3 is 5.32 Å². The number of benzene rings is 1. The van der Waals surface area contributed by atoms with E-state index in [9.17, 15) is 13.2 Å². The third-order valence-electron chi connectivity index (χ3n) is 3.68. The molecule has 0 aliphatic heterocycles. The summed E-state index contributed by atoms with van der Waals surface area (Å²) in [6.45, 7) is 1.98. The van der Waals surface area contributed by atoms with E-state index in [0.29, 0.717) is 4.47 Å². The topological polar surface area (TPSA) is 89.3 Å². The lowest BCUT2D eigenvalue weighted by Gasteiger charge is -2.25. The Balaban J connectivity index is 2.40. The molecule has 0 spiro atoms. The highest BCUT2D eigenvalue weighted by atomic mass is 79.9. The third kappa shape index (κ3) is 3.77. The SMILES string of the molecule is CC1(NC(=O)c2cc(Br)cc(S(N)(=O)=O)c2Cl)CCCC1. The number of nitrogens with one attached hydrogen (secondary N) is 1. The molecular formula is C13H16BrClN2O3S. The van der Waals surface area contributed by atoms with Crippen LogP contribution in [-0.4, -0.2) is 19.9 Å². The molecule has 0 atom stereocenters. The van der Waals surface area contributed by atoms with E-state index in [4.69, 9.17) is 16.7 Å². The number of halogens is 2. The van der Waals surface area contributed by atoms with E-state index in [-0.39, 0.29) is 21.0 Å². The van der Waals surface area contributed by atoms with Crippen molar-refractivity contribution >= 4 is 43.5 Å². The van der Waals surface area contributed by atoms with Crippen molar-refractivity contribution < 1.29 is 13.2 Å². The zero-order chi connectivity index (χ0) is 15.8. The minimum Gasteiger partial charge on any atom is -0.347 e. The van der Waals surface area contributed by atoms with Crippen LogP contribution in [0.3, 0.4) is 0 Å². The van der Waals surface area contributed by atoms with Crippen LogP contribution in [-0.2, 0) is 10.0 Å². The smallest absolute Gasteiger partial charge is 0.253 e. The van der Waals surface area contributed by atoms with E-state index in [2.05, 4.69) is 21.2 Å². The van der Waals surface area contributed by atoms with Gasteiger partial charge in [0.1, 0.15) is 4.90 Å². The minimum atomic E-state index is -4.00. The summed E-state index contributed by atoms with van der Waals surface area (Å²) in [4.78, 5) is 12.1. The quantitative estimate of drug-likeness (QED) is 0.824. The first-order chi connectivity index (χ1) is 9.62. The number of carbonyl (C=O) groups excluding carboxylic acids is 1. The van der Waals surface area contributed by atoms with Gasteiger partial charge in [-0.25, -0.2) is 13.6 Å². The van der Waals surface area contributed by atoms with Crippen molar-refractivity contribution in [2.45, 2.75) is 43.0 Å². The van der Waals surface area contributed by atoms with Crippen molar-refractivity contribution in [3.63, 3.8) is 0 Å². The van der Waals surface area contributed by atoms with Crippen LogP contribution in [0.15, 0.2) is 21.5 Å². The van der Waals surface area contributed by atoms with Gasteiger partial charge in [-0.05, 0) is 31.9 Å². The number of nitrogens with two attached hydrogens (primary N) is 1. The zero-order valence-electron chi connectivity index (χ0n) is 11.4. The first kappa shape index (κ1) is 16.7. The lowest BCUT2D eigenvalue weighted by Crippen LogP contribution is -2.43. The van der Waals surface area contributed by atoms with E-state index in [0.717, 1.165) is 25.7 Å². The summed E-state index contributed by atoms with van der Waals surface area (Å²) in [5.74, 6) is -0.393. The largest absolute Gasteiger partial charge is 0.347 e. The molecule has 1 saturated carbocycles. The van der Waals surface area contributed by atoms with E-state index in [1.54, 1.807) is 0 Å². The van der Waals surface area contributed by atoms with Crippen LogP contribution < -0.4 is 10.5 Å². The first-order valence-corrected chi connectivity index (χ1v) is 9.18. The Morgan fingerprint density at radius 2 is 1.95 bits per heavy atom. The maximum Gasteiger partial charge on any atom is 0.253 e. The predicted octanol–water partition coefficient (Wildman–Crippen LogP) is 2.81. The van der Waals surface area contributed by atoms with E-state index in [1.807, 2.05) is 6.92 Å². The van der Waals surface area contributed by atoms with Crippen LogP contribution in [0.1, 0.15) is 43.0 Å². The summed E-state index contributed by atoms with van der Waals surface area (Å²) < 4.78 is 23.5. The van der Waals surface area contributed by atoms with Gasteiger partial charge in [0.05, 0.1) is 10.6 Å². The van der Waals surface area contributed by atoms with Gasteiger partial charge in [-0.2, -0.15) is 0 Å². The van der Waals surface area contributed by atoms with Crippen LogP contribution in [0.25, 0.3) is 0 Å². The van der Waals surface area contributed by atoms with Crippen LogP contribution in [0.5, 0.6) is 0 Å². The summed E-state index contributed by atoms with van der Waals surface area (Å²) in [6.07, 6.45) is 3.91. The molecule has 1 aliphatic rings. The molecule has 2 rings (SSSR count). The minimum absolute atomic E-state index is 0.100. The maximum atomic E-state index is 12.4. The maximum absolute atomic E-state index is 12.4. The summed E-state index contributed by atoms with van der Waals surface area (Å²) in [7, 11) is -4.00. The van der Waals surface area contributed by atoms with Gasteiger partial charge in [-0.15, -0.1) is 0 Å². The second-order valence-electron chi connectivity index (χ2n) is 5.53. The van der Waals surface area contributed by atoms with Crippen LogP contribution in [0.2, 0.25) is 5.02 Å². The number of rotatable bonds is 3. The van der Waals surface area contributed by atoms with Crippen LogP contribution in [0.4, 0.5) is 0 Å². The van der Waals surface area contributed by atoms with E-state index in [1.165, 1.54) is 12.1 Å². The Labute approximate surface area is 137 Å². The molecular weight excluding hydrogens is 380 g/mol. The van der Waals surface area contributed by atoms with Crippen molar-refractivity contribution in [3.8, 4) is 0 Å². The molecule has 0 radical (unpaired) electrons. The number of amides is 1. The molecule has 0 unspecified atom stereocenters. The van der Waals surface area contributed by atoms with Crippen molar-refractivity contribution in [1.29, 1.82) is 0 Å². The van der Waals surface area contributed by atoms with Gasteiger partial charge in [0, 0.05) is 10.0 Å². The fourth-order valence-electron chi connectivity index (χ4n) is 2.56. The van der Waals surface area contributed by atoms with Gasteiger partial charge >= 0.3 is 0 Å². The number of hydrogen-bond acceptors (Lipinski definition) is 3. The molecule has 0 saturated heterocycles. The lowest BCUT2D eigenvalue weighted by molar-refractivity contribution is 0.0908. The Kier molecular flexibility index (Phi) is 4.68. The monoisotopic (exact) mass is 394 g/mol. The number of carbonyl (C=O) groups is 1. The molecule has 1 fully saturated rings. The molecule has 0 heterocycles. The third-order valence-corrected chi connectivity index (χ3v) is 5.59. The molecule has 1 aromatic carbocycles. The van der Waals surface area contributed by atoms with Gasteiger partial charge in [0.2, 0.25) is 10.0 Å². The van der Waals surface area contributed by atoms with E-state index < -0.39 is 15.9 Å². The number of primary sulfonamides is 1. The summed E-state index contributed by atoms with van der Waals surface area (Å²) in [6, 6.07) is 2.77. The number of sulfonamides is 1. The van der Waals surface area contributed by atoms with Gasteiger partial charge in [0.25, 0.3) is 5.91 Å². The van der Waals surface area contributed by atoms with Crippen molar-refractivity contribution in [3.05, 3.63) is 27.2 Å². The first-order valence-electron chi connectivity index (χ1n) is 6.47. The second kappa shape index (κ2) is 5.87. The van der Waals surface area contributed by atoms with Crippen LogP contribution in [0, 0.1) is 0 Å². The Hall–Kier alpha value is -0.630. The van der Waals surface area contributed by atoms with E-state index >= 15 is 0 Å². The standard InChI is InChI=1S/C13H16BrClN2O3S/c1-13(4-2-3-5-13)17-12(18)9-6-8(14)7-10(11(9)15)21(16,19)20/h6-7H,2-5H2,1H3,(H,17,18)(H2,16,19,20). The molecule has 0 bridgehead atoms. The molecule has 5 nitrogen and oxygen atoms in total. The summed E-state index contributed by atoms with van der Waals surface area (Å²) in [5.41, 5.74) is -0.173. The summed E-state index contributed by atoms with van der Waals surface area (Å²) in [5, 5.41) is 7.91. The average molecular weight is 396 g/mol.